The van der Waals surface area contributed by atoms with Crippen LogP contribution in [0.4, 0.5) is 4.39 Å². The second-order valence-electron chi connectivity index (χ2n) is 5.72. The molecule has 1 fully saturated rings. The first-order valence-corrected chi connectivity index (χ1v) is 8.32. The van der Waals surface area contributed by atoms with Crippen LogP contribution in [0.5, 0.6) is 0 Å². The first-order chi connectivity index (χ1) is 10.6. The van der Waals surface area contributed by atoms with E-state index in [0.29, 0.717) is 39.1 Å². The average Bonchev–Trinajstić information content (AvgIpc) is 2.97. The summed E-state index contributed by atoms with van der Waals surface area (Å²) < 4.78 is 18.5. The van der Waals surface area contributed by atoms with Crippen molar-refractivity contribution < 1.29 is 14.2 Å². The Morgan fingerprint density at radius 2 is 2.05 bits per heavy atom. The molecule has 0 spiro atoms. The summed E-state index contributed by atoms with van der Waals surface area (Å²) in [7, 11) is 0. The summed E-state index contributed by atoms with van der Waals surface area (Å²) in [5.74, 6) is -0.215. The highest BCUT2D eigenvalue weighted by Gasteiger charge is 2.29. The van der Waals surface area contributed by atoms with Crippen LogP contribution >= 0.6 is 11.3 Å². The van der Waals surface area contributed by atoms with Crippen LogP contribution in [0.2, 0.25) is 0 Å². The molecule has 0 bridgehead atoms. The molecule has 22 heavy (non-hydrogen) atoms. The Hall–Kier alpha value is -1.27. The molecule has 0 radical (unpaired) electrons. The highest BCUT2D eigenvalue weighted by atomic mass is 32.1. The molecule has 1 aromatic heterocycles. The first-order valence-electron chi connectivity index (χ1n) is 7.50. The molecule has 1 aromatic carbocycles. The molecule has 1 aliphatic rings. The maximum Gasteiger partial charge on any atom is 0.123 e. The summed E-state index contributed by atoms with van der Waals surface area (Å²) in [5.41, 5.74) is 0.250. The fourth-order valence-corrected chi connectivity index (χ4v) is 3.59. The van der Waals surface area contributed by atoms with E-state index >= 15 is 0 Å². The van der Waals surface area contributed by atoms with Crippen LogP contribution < -0.4 is 5.32 Å². The van der Waals surface area contributed by atoms with Crippen molar-refractivity contribution in [2.45, 2.75) is 25.0 Å². The Labute approximate surface area is 133 Å². The number of hydrogen-bond donors (Lipinski definition) is 2. The van der Waals surface area contributed by atoms with E-state index < -0.39 is 5.60 Å². The molecule has 1 saturated heterocycles. The summed E-state index contributed by atoms with van der Waals surface area (Å²) in [5, 5.41) is 13.7. The van der Waals surface area contributed by atoms with Crippen LogP contribution in [0.25, 0.3) is 10.4 Å². The molecule has 2 heterocycles. The molecule has 3 rings (SSSR count). The van der Waals surface area contributed by atoms with Crippen LogP contribution in [0, 0.1) is 5.82 Å². The minimum atomic E-state index is -0.652. The number of ether oxygens (including phenoxy) is 1. The predicted molar refractivity (Wildman–Crippen MR) is 86.4 cm³/mol. The van der Waals surface area contributed by atoms with Crippen molar-refractivity contribution in [2.24, 2.45) is 0 Å². The average molecular weight is 321 g/mol. The molecule has 1 aliphatic heterocycles. The van der Waals surface area contributed by atoms with Crippen LogP contribution in [-0.2, 0) is 11.3 Å². The fraction of sp³-hybridized carbons (Fsp3) is 0.412. The molecule has 0 atom stereocenters. The minimum absolute atomic E-state index is 0.215. The molecule has 2 N–H and O–H groups in total. The van der Waals surface area contributed by atoms with Gasteiger partial charge in [-0.25, -0.2) is 4.39 Å². The third-order valence-corrected chi connectivity index (χ3v) is 5.08. The van der Waals surface area contributed by atoms with Crippen molar-refractivity contribution in [1.29, 1.82) is 0 Å². The van der Waals surface area contributed by atoms with E-state index in [0.717, 1.165) is 10.4 Å². The Kier molecular flexibility index (Phi) is 4.88. The smallest absolute Gasteiger partial charge is 0.123 e. The zero-order chi connectivity index (χ0) is 15.4. The van der Waals surface area contributed by atoms with Gasteiger partial charge in [0, 0.05) is 48.9 Å². The van der Waals surface area contributed by atoms with Crippen molar-refractivity contribution in [3.8, 4) is 10.4 Å². The summed E-state index contributed by atoms with van der Waals surface area (Å²) in [4.78, 5) is 2.23. The molecule has 0 aliphatic carbocycles. The lowest BCUT2D eigenvalue weighted by molar-refractivity contribution is -0.0616. The van der Waals surface area contributed by atoms with E-state index in [-0.39, 0.29) is 5.82 Å². The Morgan fingerprint density at radius 1 is 1.23 bits per heavy atom. The second kappa shape index (κ2) is 6.87. The third kappa shape index (κ3) is 3.93. The largest absolute Gasteiger partial charge is 0.388 e. The van der Waals surface area contributed by atoms with Crippen LogP contribution in [0.1, 0.15) is 17.7 Å². The molecular formula is C17H20FNO2S. The number of thiophene rings is 1. The Bertz CT molecular complexity index is 623. The van der Waals surface area contributed by atoms with Gasteiger partial charge < -0.3 is 15.2 Å². The number of aliphatic hydroxyl groups is 1. The Balaban J connectivity index is 1.56. The van der Waals surface area contributed by atoms with Crippen LogP contribution in [0.15, 0.2) is 36.4 Å². The van der Waals surface area contributed by atoms with Gasteiger partial charge in [-0.3, -0.25) is 0 Å². The van der Waals surface area contributed by atoms with E-state index in [9.17, 15) is 9.50 Å². The SMILES string of the molecule is OC1(CNCc2ccc(-c3cccc(F)c3)s2)CCOCC1. The Morgan fingerprint density at radius 3 is 2.82 bits per heavy atom. The monoisotopic (exact) mass is 321 g/mol. The molecule has 3 nitrogen and oxygen atoms in total. The van der Waals surface area contributed by atoms with Crippen molar-refractivity contribution in [2.75, 3.05) is 19.8 Å². The van der Waals surface area contributed by atoms with Gasteiger partial charge in [0.1, 0.15) is 5.82 Å². The van der Waals surface area contributed by atoms with Gasteiger partial charge in [0.15, 0.2) is 0 Å². The van der Waals surface area contributed by atoms with E-state index in [2.05, 4.69) is 5.32 Å². The van der Waals surface area contributed by atoms with Crippen LogP contribution in [-0.4, -0.2) is 30.5 Å². The van der Waals surface area contributed by atoms with Crippen molar-refractivity contribution >= 4 is 11.3 Å². The maximum atomic E-state index is 13.3. The number of rotatable bonds is 5. The van der Waals surface area contributed by atoms with Gasteiger partial charge in [-0.15, -0.1) is 11.3 Å². The topological polar surface area (TPSA) is 41.5 Å². The molecule has 118 valence electrons. The van der Waals surface area contributed by atoms with Crippen LogP contribution in [0.3, 0.4) is 0 Å². The lowest BCUT2D eigenvalue weighted by Crippen LogP contribution is -2.44. The van der Waals surface area contributed by atoms with Crippen molar-refractivity contribution in [3.05, 3.63) is 47.1 Å². The van der Waals surface area contributed by atoms with Gasteiger partial charge in [0.2, 0.25) is 0 Å². The zero-order valence-corrected chi connectivity index (χ0v) is 13.2. The van der Waals surface area contributed by atoms with E-state index in [1.165, 1.54) is 10.9 Å². The standard InChI is InChI=1S/C17H20FNO2S/c18-14-3-1-2-13(10-14)16-5-4-15(22-16)11-19-12-17(20)6-8-21-9-7-17/h1-5,10,19-20H,6-9,11-12H2. The molecule has 0 amide bonds. The summed E-state index contributed by atoms with van der Waals surface area (Å²) in [6.45, 7) is 2.54. The zero-order valence-electron chi connectivity index (χ0n) is 12.3. The van der Waals surface area contributed by atoms with E-state index in [1.54, 1.807) is 23.5 Å². The normalized spacial score (nSPS) is 17.5. The highest BCUT2D eigenvalue weighted by Crippen LogP contribution is 2.28. The maximum absolute atomic E-state index is 13.3. The summed E-state index contributed by atoms with van der Waals surface area (Å²) in [6.07, 6.45) is 1.36. The molecule has 0 unspecified atom stereocenters. The highest BCUT2D eigenvalue weighted by molar-refractivity contribution is 7.15. The number of hydrogen-bond acceptors (Lipinski definition) is 4. The van der Waals surface area contributed by atoms with Crippen molar-refractivity contribution in [3.63, 3.8) is 0 Å². The molecule has 0 saturated carbocycles. The fourth-order valence-electron chi connectivity index (χ4n) is 2.62. The molecule has 5 heteroatoms. The number of halogens is 1. The van der Waals surface area contributed by atoms with Gasteiger partial charge in [0.05, 0.1) is 5.60 Å². The molecule has 2 aromatic rings. The summed E-state index contributed by atoms with van der Waals surface area (Å²) in [6, 6.07) is 10.7. The predicted octanol–water partition coefficient (Wildman–Crippen LogP) is 3.19. The van der Waals surface area contributed by atoms with Gasteiger partial charge >= 0.3 is 0 Å². The van der Waals surface area contributed by atoms with Gasteiger partial charge in [0.25, 0.3) is 0 Å². The lowest BCUT2D eigenvalue weighted by Gasteiger charge is -2.32. The minimum Gasteiger partial charge on any atom is -0.388 e. The third-order valence-electron chi connectivity index (χ3n) is 3.95. The number of nitrogens with one attached hydrogen (secondary N) is 1. The van der Waals surface area contributed by atoms with Gasteiger partial charge in [-0.2, -0.15) is 0 Å². The van der Waals surface area contributed by atoms with E-state index in [1.807, 2.05) is 18.2 Å². The summed E-state index contributed by atoms with van der Waals surface area (Å²) >= 11 is 1.64. The molecular weight excluding hydrogens is 301 g/mol. The van der Waals surface area contributed by atoms with Gasteiger partial charge in [-0.1, -0.05) is 12.1 Å². The number of benzene rings is 1. The van der Waals surface area contributed by atoms with Crippen molar-refractivity contribution in [1.82, 2.24) is 5.32 Å². The van der Waals surface area contributed by atoms with Gasteiger partial charge in [-0.05, 0) is 29.8 Å². The van der Waals surface area contributed by atoms with E-state index in [4.69, 9.17) is 4.74 Å². The lowest BCUT2D eigenvalue weighted by atomic mass is 9.94. The second-order valence-corrected chi connectivity index (χ2v) is 6.88. The first kappa shape index (κ1) is 15.6. The quantitative estimate of drug-likeness (QED) is 0.889.